The molecule has 1 unspecified atom stereocenters. The van der Waals surface area contributed by atoms with Crippen LogP contribution in [0.5, 0.6) is 0 Å². The zero-order valence-electron chi connectivity index (χ0n) is 10.4. The number of nitrogens with one attached hydrogen (secondary N) is 1. The van der Waals surface area contributed by atoms with Gasteiger partial charge >= 0.3 is 0 Å². The fraction of sp³-hybridized carbons (Fsp3) is 0.188. The summed E-state index contributed by atoms with van der Waals surface area (Å²) in [4.78, 5) is 12.3. The van der Waals surface area contributed by atoms with E-state index in [1.165, 1.54) is 5.56 Å². The second kappa shape index (κ2) is 5.06. The number of para-hydroxylation sites is 1. The molecule has 2 aromatic carbocycles. The quantitative estimate of drug-likeness (QED) is 0.834. The first kappa shape index (κ1) is 12.2. The molecular weight excluding hydrogens is 258 g/mol. The van der Waals surface area contributed by atoms with Crippen LogP contribution in [0.25, 0.3) is 0 Å². The minimum absolute atomic E-state index is 0.0483. The van der Waals surface area contributed by atoms with E-state index in [4.69, 9.17) is 11.6 Å². The van der Waals surface area contributed by atoms with Gasteiger partial charge in [0.25, 0.3) is 0 Å². The van der Waals surface area contributed by atoms with Crippen molar-refractivity contribution in [1.29, 1.82) is 0 Å². The number of benzene rings is 2. The van der Waals surface area contributed by atoms with Crippen molar-refractivity contribution in [2.24, 2.45) is 0 Å². The molecule has 2 nitrogen and oxygen atoms in total. The number of halogens is 1. The average molecular weight is 272 g/mol. The summed E-state index contributed by atoms with van der Waals surface area (Å²) in [5.41, 5.74) is 3.11. The van der Waals surface area contributed by atoms with Crippen LogP contribution >= 0.6 is 11.6 Å². The molecule has 1 atom stereocenters. The third-order valence-corrected chi connectivity index (χ3v) is 3.78. The van der Waals surface area contributed by atoms with Crippen molar-refractivity contribution < 1.29 is 4.79 Å². The Hall–Kier alpha value is -1.80. The Morgan fingerprint density at radius 1 is 1.11 bits per heavy atom. The molecule has 3 rings (SSSR count). The predicted molar refractivity (Wildman–Crippen MR) is 77.6 cm³/mol. The van der Waals surface area contributed by atoms with Gasteiger partial charge in [0.1, 0.15) is 0 Å². The van der Waals surface area contributed by atoms with E-state index >= 15 is 0 Å². The molecule has 0 aromatic heterocycles. The maximum absolute atomic E-state index is 12.3. The largest absolute Gasteiger partial charge is 0.325 e. The smallest absolute Gasteiger partial charge is 0.231 e. The zero-order chi connectivity index (χ0) is 13.2. The van der Waals surface area contributed by atoms with E-state index in [0.29, 0.717) is 5.02 Å². The van der Waals surface area contributed by atoms with Gasteiger partial charge in [0, 0.05) is 10.7 Å². The van der Waals surface area contributed by atoms with Crippen LogP contribution in [0.1, 0.15) is 23.5 Å². The van der Waals surface area contributed by atoms with Crippen molar-refractivity contribution in [2.75, 3.05) is 5.32 Å². The van der Waals surface area contributed by atoms with Gasteiger partial charge in [0.2, 0.25) is 5.91 Å². The van der Waals surface area contributed by atoms with E-state index in [0.717, 1.165) is 24.1 Å². The number of rotatable bonds is 1. The van der Waals surface area contributed by atoms with Gasteiger partial charge < -0.3 is 5.32 Å². The second-order valence-corrected chi connectivity index (χ2v) is 5.23. The van der Waals surface area contributed by atoms with E-state index in [-0.39, 0.29) is 11.8 Å². The van der Waals surface area contributed by atoms with Crippen LogP contribution in [0.3, 0.4) is 0 Å². The average Bonchev–Trinajstić information content (AvgIpc) is 2.57. The van der Waals surface area contributed by atoms with Crippen molar-refractivity contribution in [3.63, 3.8) is 0 Å². The van der Waals surface area contributed by atoms with Crippen LogP contribution in [-0.2, 0) is 11.2 Å². The lowest BCUT2D eigenvalue weighted by Gasteiger charge is -2.13. The molecule has 1 aliphatic heterocycles. The Morgan fingerprint density at radius 3 is 2.79 bits per heavy atom. The van der Waals surface area contributed by atoms with Gasteiger partial charge in [-0.1, -0.05) is 41.9 Å². The van der Waals surface area contributed by atoms with Crippen LogP contribution in [0.2, 0.25) is 5.02 Å². The summed E-state index contributed by atoms with van der Waals surface area (Å²) in [5, 5.41) is 3.68. The minimum Gasteiger partial charge on any atom is -0.325 e. The van der Waals surface area contributed by atoms with Crippen molar-refractivity contribution in [3.8, 4) is 0 Å². The molecule has 0 saturated heterocycles. The van der Waals surface area contributed by atoms with E-state index in [2.05, 4.69) is 11.4 Å². The fourth-order valence-electron chi connectivity index (χ4n) is 2.55. The molecule has 1 N–H and O–H groups in total. The Kier molecular flexibility index (Phi) is 3.26. The lowest BCUT2D eigenvalue weighted by atomic mass is 9.93. The zero-order valence-corrected chi connectivity index (χ0v) is 11.2. The Bertz CT molecular complexity index is 624. The van der Waals surface area contributed by atoms with Crippen molar-refractivity contribution in [2.45, 2.75) is 18.8 Å². The van der Waals surface area contributed by atoms with Crippen molar-refractivity contribution >= 4 is 23.2 Å². The minimum atomic E-state index is -0.133. The van der Waals surface area contributed by atoms with Crippen LogP contribution in [0.15, 0.2) is 48.5 Å². The maximum Gasteiger partial charge on any atom is 0.231 e. The van der Waals surface area contributed by atoms with Crippen LogP contribution < -0.4 is 5.32 Å². The van der Waals surface area contributed by atoms with Crippen molar-refractivity contribution in [1.82, 2.24) is 0 Å². The molecule has 0 bridgehead atoms. The summed E-state index contributed by atoms with van der Waals surface area (Å²) in [6, 6.07) is 15.5. The summed E-state index contributed by atoms with van der Waals surface area (Å²) in [5.74, 6) is -0.0849. The lowest BCUT2D eigenvalue weighted by Crippen LogP contribution is -2.19. The van der Waals surface area contributed by atoms with Crippen LogP contribution in [0.4, 0.5) is 5.69 Å². The van der Waals surface area contributed by atoms with Crippen molar-refractivity contribution in [3.05, 3.63) is 64.7 Å². The molecule has 96 valence electrons. The maximum atomic E-state index is 12.3. The monoisotopic (exact) mass is 271 g/mol. The summed E-state index contributed by atoms with van der Waals surface area (Å²) in [7, 11) is 0. The highest BCUT2D eigenvalue weighted by Crippen LogP contribution is 2.30. The third kappa shape index (κ3) is 2.49. The van der Waals surface area contributed by atoms with Gasteiger partial charge in [-0.25, -0.2) is 0 Å². The number of anilines is 1. The van der Waals surface area contributed by atoms with Crippen LogP contribution in [0, 0.1) is 0 Å². The summed E-state index contributed by atoms with van der Waals surface area (Å²) in [6.45, 7) is 0. The highest BCUT2D eigenvalue weighted by atomic mass is 35.5. The Morgan fingerprint density at radius 2 is 1.95 bits per heavy atom. The summed E-state index contributed by atoms with van der Waals surface area (Å²) in [6.07, 6.45) is 1.70. The number of carbonyl (C=O) groups is 1. The highest BCUT2D eigenvalue weighted by molar-refractivity contribution is 6.30. The van der Waals surface area contributed by atoms with Gasteiger partial charge in [-0.05, 0) is 42.2 Å². The second-order valence-electron chi connectivity index (χ2n) is 4.79. The lowest BCUT2D eigenvalue weighted by molar-refractivity contribution is -0.117. The molecule has 1 aliphatic rings. The number of hydrogen-bond donors (Lipinski definition) is 1. The summed E-state index contributed by atoms with van der Waals surface area (Å²) >= 11 is 6.01. The van der Waals surface area contributed by atoms with Gasteiger partial charge in [0.15, 0.2) is 0 Å². The molecule has 0 saturated carbocycles. The van der Waals surface area contributed by atoms with Gasteiger partial charge in [-0.15, -0.1) is 0 Å². The van der Waals surface area contributed by atoms with E-state index < -0.39 is 0 Å². The molecular formula is C16H14ClNO. The number of hydrogen-bond acceptors (Lipinski definition) is 1. The molecule has 1 heterocycles. The number of carbonyl (C=O) groups excluding carboxylic acids is 1. The normalized spacial score (nSPS) is 18.4. The first-order chi connectivity index (χ1) is 9.24. The molecule has 0 aliphatic carbocycles. The highest BCUT2D eigenvalue weighted by Gasteiger charge is 2.24. The number of aryl methyl sites for hydroxylation is 1. The number of fused-ring (bicyclic) bond motifs is 1. The summed E-state index contributed by atoms with van der Waals surface area (Å²) < 4.78 is 0. The van der Waals surface area contributed by atoms with E-state index in [9.17, 15) is 4.79 Å². The third-order valence-electron chi connectivity index (χ3n) is 3.55. The van der Waals surface area contributed by atoms with Crippen LogP contribution in [-0.4, -0.2) is 5.91 Å². The van der Waals surface area contributed by atoms with E-state index in [1.54, 1.807) is 0 Å². The molecule has 3 heteroatoms. The molecule has 0 fully saturated rings. The first-order valence-corrected chi connectivity index (χ1v) is 6.76. The standard InChI is InChI=1S/C16H14ClNO/c17-13-6-3-5-12(10-13)14-9-8-11-4-1-2-7-15(11)18-16(14)19/h1-7,10,14H,8-9H2,(H,18,19). The molecule has 0 spiro atoms. The topological polar surface area (TPSA) is 29.1 Å². The fourth-order valence-corrected chi connectivity index (χ4v) is 2.75. The molecule has 0 radical (unpaired) electrons. The van der Waals surface area contributed by atoms with Gasteiger partial charge in [-0.3, -0.25) is 4.79 Å². The SMILES string of the molecule is O=C1Nc2ccccc2CCC1c1cccc(Cl)c1. The van der Waals surface area contributed by atoms with Gasteiger partial charge in [0.05, 0.1) is 5.92 Å². The molecule has 1 amide bonds. The number of amides is 1. The van der Waals surface area contributed by atoms with E-state index in [1.807, 2.05) is 42.5 Å². The molecule has 19 heavy (non-hydrogen) atoms. The predicted octanol–water partition coefficient (Wildman–Crippen LogP) is 4.01. The Labute approximate surface area is 117 Å². The molecule has 2 aromatic rings. The first-order valence-electron chi connectivity index (χ1n) is 6.38. The Balaban J connectivity index is 1.93. The van der Waals surface area contributed by atoms with Gasteiger partial charge in [-0.2, -0.15) is 0 Å².